The van der Waals surface area contributed by atoms with Crippen molar-refractivity contribution in [2.24, 2.45) is 0 Å². The highest BCUT2D eigenvalue weighted by molar-refractivity contribution is 7.99. The molecule has 162 valence electrons. The second kappa shape index (κ2) is 10.5. The van der Waals surface area contributed by atoms with Gasteiger partial charge in [-0.05, 0) is 36.4 Å². The second-order valence-corrected chi connectivity index (χ2v) is 8.57. The number of carbonyl (C=O) groups is 1. The number of hydrogen-bond donors (Lipinski definition) is 1. The Bertz CT molecular complexity index is 965. The Morgan fingerprint density at radius 1 is 1.03 bits per heavy atom. The van der Waals surface area contributed by atoms with Crippen LogP contribution in [0.15, 0.2) is 72.1 Å². The molecule has 0 atom stereocenters. The molecule has 3 aromatic rings. The highest BCUT2D eigenvalue weighted by atomic mass is 32.2. The van der Waals surface area contributed by atoms with Gasteiger partial charge in [-0.1, -0.05) is 49.0 Å². The zero-order valence-electron chi connectivity index (χ0n) is 17.9. The van der Waals surface area contributed by atoms with Gasteiger partial charge < -0.3 is 19.7 Å². The largest absolute Gasteiger partial charge is 0.369 e. The smallest absolute Gasteiger partial charge is 0.234 e. The average molecular weight is 436 g/mol. The molecule has 31 heavy (non-hydrogen) atoms. The van der Waals surface area contributed by atoms with E-state index < -0.39 is 0 Å². The van der Waals surface area contributed by atoms with E-state index in [0.717, 1.165) is 50.1 Å². The van der Waals surface area contributed by atoms with Gasteiger partial charge in [0.25, 0.3) is 0 Å². The first-order valence-corrected chi connectivity index (χ1v) is 11.7. The molecule has 1 aromatic heterocycles. The predicted molar refractivity (Wildman–Crippen MR) is 128 cm³/mol. The maximum absolute atomic E-state index is 12.4. The lowest BCUT2D eigenvalue weighted by Crippen LogP contribution is -2.46. The molecule has 1 fully saturated rings. The van der Waals surface area contributed by atoms with Crippen molar-refractivity contribution in [1.29, 1.82) is 0 Å². The summed E-state index contributed by atoms with van der Waals surface area (Å²) in [6, 6.07) is 18.4. The minimum atomic E-state index is -0.0245. The van der Waals surface area contributed by atoms with E-state index in [0.29, 0.717) is 5.75 Å². The number of carbonyl (C=O) groups excluding carboxylic acids is 1. The topological polar surface area (TPSA) is 53.4 Å². The van der Waals surface area contributed by atoms with E-state index in [1.165, 1.54) is 23.0 Å². The lowest BCUT2D eigenvalue weighted by atomic mass is 10.2. The third-order valence-electron chi connectivity index (χ3n) is 5.54. The summed E-state index contributed by atoms with van der Waals surface area (Å²) in [5.74, 6) is 0.301. The van der Waals surface area contributed by atoms with Gasteiger partial charge in [0.05, 0.1) is 5.75 Å². The lowest BCUT2D eigenvalue weighted by molar-refractivity contribution is -0.113. The Kier molecular flexibility index (Phi) is 7.27. The molecule has 4 rings (SSSR count). The van der Waals surface area contributed by atoms with Crippen LogP contribution in [0.4, 0.5) is 11.4 Å². The van der Waals surface area contributed by atoms with Crippen LogP contribution in [0.2, 0.25) is 0 Å². The van der Waals surface area contributed by atoms with E-state index in [4.69, 9.17) is 0 Å². The van der Waals surface area contributed by atoms with E-state index in [-0.39, 0.29) is 5.91 Å². The van der Waals surface area contributed by atoms with Crippen LogP contribution in [0.1, 0.15) is 12.5 Å². The van der Waals surface area contributed by atoms with E-state index in [1.807, 2.05) is 36.5 Å². The number of rotatable bonds is 8. The zero-order valence-corrected chi connectivity index (χ0v) is 18.7. The van der Waals surface area contributed by atoms with E-state index in [2.05, 4.69) is 55.9 Å². The Hall–Kier alpha value is -2.77. The molecule has 0 unspecified atom stereocenters. The number of thioether (sulfide) groups is 1. The first-order valence-electron chi connectivity index (χ1n) is 10.8. The fourth-order valence-electron chi connectivity index (χ4n) is 3.74. The van der Waals surface area contributed by atoms with Crippen LogP contribution in [0, 0.1) is 0 Å². The summed E-state index contributed by atoms with van der Waals surface area (Å²) >= 11 is 1.46. The minimum absolute atomic E-state index is 0.0245. The normalized spacial score (nSPS) is 14.5. The summed E-state index contributed by atoms with van der Waals surface area (Å²) in [6.07, 6.45) is 3.73. The number of anilines is 2. The number of hydrogen-bond acceptors (Lipinski definition) is 5. The standard InChI is InChI=1S/C24H29N5OS/c1-2-27-14-16-28(17-15-27)22-10-8-21(9-11-22)26-23(30)19-31-24-25-12-13-29(24)18-20-6-4-3-5-7-20/h3-13H,2,14-19H2,1H3,(H,26,30). The van der Waals surface area contributed by atoms with Crippen molar-refractivity contribution in [1.82, 2.24) is 14.5 Å². The van der Waals surface area contributed by atoms with Crippen molar-refractivity contribution in [3.05, 3.63) is 72.6 Å². The molecule has 1 aliphatic heterocycles. The van der Waals surface area contributed by atoms with Gasteiger partial charge in [0.15, 0.2) is 5.16 Å². The summed E-state index contributed by atoms with van der Waals surface area (Å²) < 4.78 is 2.07. The summed E-state index contributed by atoms with van der Waals surface area (Å²) in [5.41, 5.74) is 3.25. The Morgan fingerprint density at radius 3 is 2.48 bits per heavy atom. The van der Waals surface area contributed by atoms with Gasteiger partial charge in [-0.25, -0.2) is 4.98 Å². The minimum Gasteiger partial charge on any atom is -0.369 e. The van der Waals surface area contributed by atoms with Crippen LogP contribution in [0.5, 0.6) is 0 Å². The van der Waals surface area contributed by atoms with Crippen LogP contribution < -0.4 is 10.2 Å². The second-order valence-electron chi connectivity index (χ2n) is 7.63. The number of nitrogens with one attached hydrogen (secondary N) is 1. The fraction of sp³-hybridized carbons (Fsp3) is 0.333. The SMILES string of the molecule is CCN1CCN(c2ccc(NC(=O)CSc3nccn3Cc3ccccc3)cc2)CC1. The van der Waals surface area contributed by atoms with Crippen molar-refractivity contribution in [2.45, 2.75) is 18.6 Å². The van der Waals surface area contributed by atoms with Crippen molar-refractivity contribution < 1.29 is 4.79 Å². The van der Waals surface area contributed by atoms with Crippen molar-refractivity contribution in [3.8, 4) is 0 Å². The van der Waals surface area contributed by atoms with Gasteiger partial charge in [0, 0.05) is 56.5 Å². The molecule has 1 saturated heterocycles. The number of nitrogens with zero attached hydrogens (tertiary/aromatic N) is 4. The zero-order chi connectivity index (χ0) is 21.5. The van der Waals surface area contributed by atoms with E-state index >= 15 is 0 Å². The molecule has 1 N–H and O–H groups in total. The number of likely N-dealkylation sites (N-methyl/N-ethyl adjacent to an activating group) is 1. The maximum atomic E-state index is 12.4. The number of imidazole rings is 1. The van der Waals surface area contributed by atoms with Gasteiger partial charge >= 0.3 is 0 Å². The summed E-state index contributed by atoms with van der Waals surface area (Å²) in [5, 5.41) is 3.84. The van der Waals surface area contributed by atoms with Crippen LogP contribution >= 0.6 is 11.8 Å². The molecule has 6 nitrogen and oxygen atoms in total. The first kappa shape index (κ1) is 21.5. The fourth-order valence-corrected chi connectivity index (χ4v) is 4.50. The highest BCUT2D eigenvalue weighted by Crippen LogP contribution is 2.21. The summed E-state index contributed by atoms with van der Waals surface area (Å²) in [7, 11) is 0. The molecule has 2 aromatic carbocycles. The van der Waals surface area contributed by atoms with Crippen LogP contribution in [-0.4, -0.2) is 58.8 Å². The molecule has 0 bridgehead atoms. The predicted octanol–water partition coefficient (Wildman–Crippen LogP) is 3.80. The average Bonchev–Trinajstić information content (AvgIpc) is 3.26. The maximum Gasteiger partial charge on any atom is 0.234 e. The molecule has 2 heterocycles. The van der Waals surface area contributed by atoms with Crippen molar-refractivity contribution in [2.75, 3.05) is 48.7 Å². The molecule has 0 spiro atoms. The van der Waals surface area contributed by atoms with Gasteiger partial charge in [0.2, 0.25) is 5.91 Å². The molecule has 0 aliphatic carbocycles. The number of aromatic nitrogens is 2. The first-order chi connectivity index (χ1) is 15.2. The molecular formula is C24H29N5OS. The van der Waals surface area contributed by atoms with Gasteiger partial charge in [-0.3, -0.25) is 4.79 Å². The lowest BCUT2D eigenvalue weighted by Gasteiger charge is -2.35. The van der Waals surface area contributed by atoms with E-state index in [1.54, 1.807) is 6.20 Å². The third-order valence-corrected chi connectivity index (χ3v) is 6.55. The molecule has 1 amide bonds. The number of piperazine rings is 1. The van der Waals surface area contributed by atoms with Crippen LogP contribution in [-0.2, 0) is 11.3 Å². The Labute approximate surface area is 188 Å². The molecule has 0 radical (unpaired) electrons. The molecular weight excluding hydrogens is 406 g/mol. The van der Waals surface area contributed by atoms with Gasteiger partial charge in [-0.2, -0.15) is 0 Å². The Balaban J connectivity index is 1.26. The van der Waals surface area contributed by atoms with Crippen LogP contribution in [0.3, 0.4) is 0 Å². The molecule has 0 saturated carbocycles. The Morgan fingerprint density at radius 2 is 1.77 bits per heavy atom. The van der Waals surface area contributed by atoms with Crippen molar-refractivity contribution >= 4 is 29.0 Å². The summed E-state index contributed by atoms with van der Waals surface area (Å²) in [6.45, 7) is 8.38. The third kappa shape index (κ3) is 5.89. The monoisotopic (exact) mass is 435 g/mol. The van der Waals surface area contributed by atoms with Crippen LogP contribution in [0.25, 0.3) is 0 Å². The number of amides is 1. The highest BCUT2D eigenvalue weighted by Gasteiger charge is 2.16. The van der Waals surface area contributed by atoms with Crippen molar-refractivity contribution in [3.63, 3.8) is 0 Å². The molecule has 1 aliphatic rings. The summed E-state index contributed by atoms with van der Waals surface area (Å²) in [4.78, 5) is 21.7. The van der Waals surface area contributed by atoms with Gasteiger partial charge in [0.1, 0.15) is 0 Å². The van der Waals surface area contributed by atoms with E-state index in [9.17, 15) is 4.79 Å². The number of benzene rings is 2. The quantitative estimate of drug-likeness (QED) is 0.546. The van der Waals surface area contributed by atoms with Gasteiger partial charge in [-0.15, -0.1) is 0 Å². The molecule has 7 heteroatoms.